The molecule has 0 aromatic carbocycles. The summed E-state index contributed by atoms with van der Waals surface area (Å²) in [5.74, 6) is 0.250. The lowest BCUT2D eigenvalue weighted by Gasteiger charge is -2.26. The lowest BCUT2D eigenvalue weighted by Crippen LogP contribution is -2.43. The van der Waals surface area contributed by atoms with E-state index in [2.05, 4.69) is 34.0 Å². The summed E-state index contributed by atoms with van der Waals surface area (Å²) in [6.45, 7) is 8.30. The number of thiophene rings is 1. The zero-order chi connectivity index (χ0) is 14.9. The van der Waals surface area contributed by atoms with Crippen LogP contribution in [0.5, 0.6) is 0 Å². The molecule has 0 bridgehead atoms. The van der Waals surface area contributed by atoms with Crippen molar-refractivity contribution in [2.75, 3.05) is 26.2 Å². The molecule has 0 aliphatic carbocycles. The summed E-state index contributed by atoms with van der Waals surface area (Å²) in [4.78, 5) is 17.3. The molecule has 4 nitrogen and oxygen atoms in total. The maximum atomic E-state index is 12.8. The third-order valence-corrected chi connectivity index (χ3v) is 5.62. The van der Waals surface area contributed by atoms with Gasteiger partial charge < -0.3 is 9.80 Å². The first-order valence-electron chi connectivity index (χ1n) is 7.97. The molecule has 2 saturated heterocycles. The molecule has 1 N–H and O–H groups in total. The van der Waals surface area contributed by atoms with Crippen LogP contribution in [0.4, 0.5) is 0 Å². The minimum Gasteiger partial charge on any atom is -0.320 e. The van der Waals surface area contributed by atoms with E-state index >= 15 is 0 Å². The van der Waals surface area contributed by atoms with Crippen molar-refractivity contribution < 1.29 is 4.79 Å². The minimum atomic E-state index is -0.419. The van der Waals surface area contributed by atoms with Crippen LogP contribution in [-0.2, 0) is 4.79 Å². The van der Waals surface area contributed by atoms with Crippen molar-refractivity contribution in [1.29, 1.82) is 0 Å². The summed E-state index contributed by atoms with van der Waals surface area (Å²) in [5.41, 5.74) is 0.796. The fourth-order valence-corrected chi connectivity index (χ4v) is 3.99. The Balaban J connectivity index is 1.74. The number of carbonyl (C=O) groups excluding carboxylic acids is 1. The lowest BCUT2D eigenvalue weighted by molar-refractivity contribution is -0.133. The van der Waals surface area contributed by atoms with Gasteiger partial charge in [0.05, 0.1) is 5.54 Å². The van der Waals surface area contributed by atoms with Gasteiger partial charge in [0, 0.05) is 13.1 Å². The number of hydrogen-bond donors (Lipinski definition) is 1. The maximum Gasteiger partial charge on any atom is 0.244 e. The Morgan fingerprint density at radius 3 is 2.76 bits per heavy atom. The monoisotopic (exact) mass is 307 g/mol. The van der Waals surface area contributed by atoms with Gasteiger partial charge in [-0.1, -0.05) is 6.92 Å². The van der Waals surface area contributed by atoms with Crippen LogP contribution in [-0.4, -0.2) is 47.4 Å². The summed E-state index contributed by atoms with van der Waals surface area (Å²) in [5, 5.41) is 7.79. The molecule has 1 aromatic rings. The van der Waals surface area contributed by atoms with Gasteiger partial charge in [-0.25, -0.2) is 0 Å². The topological polar surface area (TPSA) is 35.6 Å². The molecule has 1 amide bonds. The normalized spacial score (nSPS) is 30.5. The molecular weight excluding hydrogens is 282 g/mol. The Bertz CT molecular complexity index is 484. The first-order valence-corrected chi connectivity index (χ1v) is 8.91. The van der Waals surface area contributed by atoms with E-state index in [1.54, 1.807) is 11.3 Å². The van der Waals surface area contributed by atoms with Crippen LogP contribution in [0.25, 0.3) is 0 Å². The van der Waals surface area contributed by atoms with E-state index < -0.39 is 5.54 Å². The van der Waals surface area contributed by atoms with E-state index in [1.165, 1.54) is 31.5 Å². The van der Waals surface area contributed by atoms with Crippen molar-refractivity contribution >= 4 is 17.2 Å². The maximum absolute atomic E-state index is 12.8. The number of rotatable bonds is 5. The van der Waals surface area contributed by atoms with E-state index in [0.717, 1.165) is 19.5 Å². The highest BCUT2D eigenvalue weighted by atomic mass is 32.1. The SMILES string of the molecule is CCC1(C)NC(c2ccsc2)N(CCN2CCCC2)C1=O. The second-order valence-electron chi connectivity index (χ2n) is 6.34. The second-order valence-corrected chi connectivity index (χ2v) is 7.12. The highest BCUT2D eigenvalue weighted by molar-refractivity contribution is 7.07. The van der Waals surface area contributed by atoms with Crippen molar-refractivity contribution in [1.82, 2.24) is 15.1 Å². The number of nitrogens with zero attached hydrogens (tertiary/aromatic N) is 2. The van der Waals surface area contributed by atoms with Crippen molar-refractivity contribution in [3.8, 4) is 0 Å². The molecule has 2 fully saturated rings. The Morgan fingerprint density at radius 1 is 1.38 bits per heavy atom. The zero-order valence-electron chi connectivity index (χ0n) is 13.0. The molecule has 2 aliphatic heterocycles. The van der Waals surface area contributed by atoms with Gasteiger partial charge in [-0.2, -0.15) is 11.3 Å². The van der Waals surface area contributed by atoms with Gasteiger partial charge in [0.25, 0.3) is 0 Å². The molecule has 2 aliphatic rings. The predicted molar refractivity (Wildman–Crippen MR) is 86.3 cm³/mol. The van der Waals surface area contributed by atoms with E-state index in [9.17, 15) is 4.79 Å². The van der Waals surface area contributed by atoms with Crippen molar-refractivity contribution in [3.05, 3.63) is 22.4 Å². The molecule has 116 valence electrons. The molecular formula is C16H25N3OS. The number of amides is 1. The molecule has 2 unspecified atom stereocenters. The van der Waals surface area contributed by atoms with E-state index in [4.69, 9.17) is 0 Å². The molecule has 5 heteroatoms. The van der Waals surface area contributed by atoms with Crippen LogP contribution in [0.2, 0.25) is 0 Å². The molecule has 3 heterocycles. The van der Waals surface area contributed by atoms with Gasteiger partial charge in [0.1, 0.15) is 6.17 Å². The van der Waals surface area contributed by atoms with Crippen LogP contribution < -0.4 is 5.32 Å². The van der Waals surface area contributed by atoms with Gasteiger partial charge in [-0.05, 0) is 61.7 Å². The second kappa shape index (κ2) is 6.07. The lowest BCUT2D eigenvalue weighted by atomic mass is 9.99. The summed E-state index contributed by atoms with van der Waals surface area (Å²) in [6, 6.07) is 2.12. The molecule has 0 spiro atoms. The highest BCUT2D eigenvalue weighted by Crippen LogP contribution is 2.33. The van der Waals surface area contributed by atoms with Gasteiger partial charge >= 0.3 is 0 Å². The Kier molecular flexibility index (Phi) is 4.33. The summed E-state index contributed by atoms with van der Waals surface area (Å²) in [7, 11) is 0. The molecule has 0 radical (unpaired) electrons. The third kappa shape index (κ3) is 2.87. The highest BCUT2D eigenvalue weighted by Gasteiger charge is 2.47. The number of nitrogens with one attached hydrogen (secondary N) is 1. The quantitative estimate of drug-likeness (QED) is 0.907. The van der Waals surface area contributed by atoms with Crippen LogP contribution in [0.1, 0.15) is 44.8 Å². The summed E-state index contributed by atoms with van der Waals surface area (Å²) >= 11 is 1.69. The first-order chi connectivity index (χ1) is 10.1. The molecule has 1 aromatic heterocycles. The first kappa shape index (κ1) is 15.0. The van der Waals surface area contributed by atoms with Gasteiger partial charge in [-0.3, -0.25) is 10.1 Å². The van der Waals surface area contributed by atoms with Crippen molar-refractivity contribution in [3.63, 3.8) is 0 Å². The zero-order valence-corrected chi connectivity index (χ0v) is 13.8. The number of hydrogen-bond acceptors (Lipinski definition) is 4. The number of carbonyl (C=O) groups is 1. The van der Waals surface area contributed by atoms with Crippen molar-refractivity contribution in [2.24, 2.45) is 0 Å². The van der Waals surface area contributed by atoms with Gasteiger partial charge in [-0.15, -0.1) is 0 Å². The predicted octanol–water partition coefficient (Wildman–Crippen LogP) is 2.44. The number of likely N-dealkylation sites (tertiary alicyclic amines) is 1. The largest absolute Gasteiger partial charge is 0.320 e. The smallest absolute Gasteiger partial charge is 0.244 e. The van der Waals surface area contributed by atoms with Crippen LogP contribution in [0, 0.1) is 0 Å². The summed E-state index contributed by atoms with van der Waals surface area (Å²) in [6.07, 6.45) is 3.46. The Morgan fingerprint density at radius 2 is 2.14 bits per heavy atom. The Hall–Kier alpha value is -0.910. The van der Waals surface area contributed by atoms with Crippen molar-refractivity contribution in [2.45, 2.75) is 44.8 Å². The van der Waals surface area contributed by atoms with E-state index in [0.29, 0.717) is 0 Å². The standard InChI is InChI=1S/C16H25N3OS/c1-3-16(2)15(20)19(10-9-18-7-4-5-8-18)14(17-16)13-6-11-21-12-13/h6,11-12,14,17H,3-5,7-10H2,1-2H3. The average molecular weight is 307 g/mol. The average Bonchev–Trinajstić information content (AvgIpc) is 3.21. The molecule has 0 saturated carbocycles. The fraction of sp³-hybridized carbons (Fsp3) is 0.688. The van der Waals surface area contributed by atoms with E-state index in [-0.39, 0.29) is 12.1 Å². The van der Waals surface area contributed by atoms with Gasteiger partial charge in [0.2, 0.25) is 5.91 Å². The van der Waals surface area contributed by atoms with Gasteiger partial charge in [0.15, 0.2) is 0 Å². The van der Waals surface area contributed by atoms with Crippen LogP contribution in [0.15, 0.2) is 16.8 Å². The van der Waals surface area contributed by atoms with Crippen LogP contribution >= 0.6 is 11.3 Å². The third-order valence-electron chi connectivity index (χ3n) is 4.92. The van der Waals surface area contributed by atoms with Crippen LogP contribution in [0.3, 0.4) is 0 Å². The minimum absolute atomic E-state index is 0.0382. The van der Waals surface area contributed by atoms with E-state index in [1.807, 2.05) is 11.8 Å². The molecule has 2 atom stereocenters. The molecule has 3 rings (SSSR count). The molecule has 21 heavy (non-hydrogen) atoms. The Labute approximate surface area is 131 Å². The fourth-order valence-electron chi connectivity index (χ4n) is 3.31. The summed E-state index contributed by atoms with van der Waals surface area (Å²) < 4.78 is 0.